The summed E-state index contributed by atoms with van der Waals surface area (Å²) in [6.45, 7) is 1.13. The number of carbonyl (C=O) groups is 1. The van der Waals surface area contributed by atoms with Crippen LogP contribution < -0.4 is 0 Å². The minimum absolute atomic E-state index is 0.0228. The van der Waals surface area contributed by atoms with Crippen molar-refractivity contribution >= 4 is 5.97 Å². The number of hydrogen-bond donors (Lipinski definition) is 1. The van der Waals surface area contributed by atoms with Crippen LogP contribution >= 0.6 is 0 Å². The van der Waals surface area contributed by atoms with Crippen LogP contribution in [0.4, 0.5) is 0 Å². The summed E-state index contributed by atoms with van der Waals surface area (Å²) in [6.07, 6.45) is 9.08. The van der Waals surface area contributed by atoms with Gasteiger partial charge in [0, 0.05) is 18.1 Å². The average molecular weight is 353 g/mol. The number of terminal acetylenes is 1. The van der Waals surface area contributed by atoms with Crippen LogP contribution in [-0.4, -0.2) is 22.8 Å². The summed E-state index contributed by atoms with van der Waals surface area (Å²) in [5, 5.41) is 13.4. The SMILES string of the molecule is C#Cc1onc([C@@H](CCCOCc2ccccc2)CC(=O)O)c1C1CC1. The van der Waals surface area contributed by atoms with Crippen LogP contribution in [0.25, 0.3) is 0 Å². The normalized spacial score (nSPS) is 14.7. The van der Waals surface area contributed by atoms with Crippen LogP contribution in [0.15, 0.2) is 34.9 Å². The lowest BCUT2D eigenvalue weighted by molar-refractivity contribution is -0.137. The predicted octanol–water partition coefficient (Wildman–Crippen LogP) is 4.09. The first-order valence-electron chi connectivity index (χ1n) is 8.98. The van der Waals surface area contributed by atoms with Crippen molar-refractivity contribution in [2.24, 2.45) is 0 Å². The Balaban J connectivity index is 1.58. The Morgan fingerprint density at radius 1 is 1.38 bits per heavy atom. The molecule has 0 radical (unpaired) electrons. The summed E-state index contributed by atoms with van der Waals surface area (Å²) in [5.41, 5.74) is 2.80. The molecule has 1 aromatic heterocycles. The number of carboxylic acid groups (broad SMARTS) is 1. The van der Waals surface area contributed by atoms with Gasteiger partial charge < -0.3 is 14.4 Å². The van der Waals surface area contributed by atoms with Crippen molar-refractivity contribution in [2.75, 3.05) is 6.61 Å². The van der Waals surface area contributed by atoms with Crippen molar-refractivity contribution in [3.63, 3.8) is 0 Å². The number of carboxylic acids is 1. The fraction of sp³-hybridized carbons (Fsp3) is 0.429. The van der Waals surface area contributed by atoms with Crippen molar-refractivity contribution in [1.82, 2.24) is 5.16 Å². The molecule has 0 bridgehead atoms. The monoisotopic (exact) mass is 353 g/mol. The lowest BCUT2D eigenvalue weighted by Crippen LogP contribution is -2.10. The van der Waals surface area contributed by atoms with Crippen LogP contribution in [-0.2, 0) is 16.1 Å². The van der Waals surface area contributed by atoms with Crippen LogP contribution in [0.5, 0.6) is 0 Å². The second-order valence-corrected chi connectivity index (χ2v) is 6.70. The molecule has 3 rings (SSSR count). The largest absolute Gasteiger partial charge is 0.481 e. The molecule has 1 aliphatic rings. The van der Waals surface area contributed by atoms with E-state index in [1.165, 1.54) is 0 Å². The zero-order valence-corrected chi connectivity index (χ0v) is 14.7. The van der Waals surface area contributed by atoms with E-state index in [-0.39, 0.29) is 12.3 Å². The molecule has 0 saturated heterocycles. The molecule has 0 aliphatic heterocycles. The second-order valence-electron chi connectivity index (χ2n) is 6.70. The maximum atomic E-state index is 11.3. The molecule has 5 nitrogen and oxygen atoms in total. The van der Waals surface area contributed by atoms with E-state index in [0.29, 0.717) is 31.3 Å². The zero-order chi connectivity index (χ0) is 18.4. The van der Waals surface area contributed by atoms with Crippen molar-refractivity contribution < 1.29 is 19.2 Å². The van der Waals surface area contributed by atoms with Crippen molar-refractivity contribution in [1.29, 1.82) is 0 Å². The summed E-state index contributed by atoms with van der Waals surface area (Å²) in [4.78, 5) is 11.3. The fourth-order valence-electron chi connectivity index (χ4n) is 3.22. The molecule has 136 valence electrons. The Kier molecular flexibility index (Phi) is 6.08. The number of benzene rings is 1. The lowest BCUT2D eigenvalue weighted by Gasteiger charge is -2.14. The van der Waals surface area contributed by atoms with E-state index in [0.717, 1.165) is 36.1 Å². The van der Waals surface area contributed by atoms with E-state index in [1.807, 2.05) is 30.3 Å². The van der Waals surface area contributed by atoms with Gasteiger partial charge in [-0.25, -0.2) is 0 Å². The smallest absolute Gasteiger partial charge is 0.304 e. The minimum atomic E-state index is -0.841. The highest BCUT2D eigenvalue weighted by atomic mass is 16.5. The molecular weight excluding hydrogens is 330 g/mol. The van der Waals surface area contributed by atoms with Gasteiger partial charge >= 0.3 is 5.97 Å². The molecule has 1 aromatic carbocycles. The Morgan fingerprint density at radius 2 is 2.15 bits per heavy atom. The Hall–Kier alpha value is -2.58. The van der Waals surface area contributed by atoms with Crippen LogP contribution in [0, 0.1) is 12.3 Å². The van der Waals surface area contributed by atoms with Gasteiger partial charge in [-0.1, -0.05) is 35.5 Å². The summed E-state index contributed by atoms with van der Waals surface area (Å²) >= 11 is 0. The van der Waals surface area contributed by atoms with E-state index >= 15 is 0 Å². The van der Waals surface area contributed by atoms with Crippen molar-refractivity contribution in [3.05, 3.63) is 52.9 Å². The highest BCUT2D eigenvalue weighted by Gasteiger charge is 2.35. The number of hydrogen-bond acceptors (Lipinski definition) is 4. The second kappa shape index (κ2) is 8.68. The molecule has 1 N–H and O–H groups in total. The number of rotatable bonds is 10. The summed E-state index contributed by atoms with van der Waals surface area (Å²) < 4.78 is 11.0. The minimum Gasteiger partial charge on any atom is -0.481 e. The number of aromatic nitrogens is 1. The highest BCUT2D eigenvalue weighted by molar-refractivity contribution is 5.68. The van der Waals surface area contributed by atoms with Gasteiger partial charge in [-0.15, -0.1) is 6.42 Å². The topological polar surface area (TPSA) is 72.6 Å². The number of ether oxygens (including phenoxy) is 1. The molecule has 0 amide bonds. The fourth-order valence-corrected chi connectivity index (χ4v) is 3.22. The predicted molar refractivity (Wildman–Crippen MR) is 96.7 cm³/mol. The van der Waals surface area contributed by atoms with Gasteiger partial charge in [-0.2, -0.15) is 0 Å². The Bertz CT molecular complexity index is 771. The Labute approximate surface area is 153 Å². The average Bonchev–Trinajstić information content (AvgIpc) is 3.39. The molecule has 1 fully saturated rings. The van der Waals surface area contributed by atoms with Gasteiger partial charge in [0.2, 0.25) is 5.76 Å². The first-order valence-corrected chi connectivity index (χ1v) is 8.98. The maximum Gasteiger partial charge on any atom is 0.304 e. The molecule has 26 heavy (non-hydrogen) atoms. The molecule has 5 heteroatoms. The molecule has 1 atom stereocenters. The number of aliphatic carboxylic acids is 1. The van der Waals surface area contributed by atoms with E-state index in [2.05, 4.69) is 11.1 Å². The maximum absolute atomic E-state index is 11.3. The molecule has 2 aromatic rings. The van der Waals surface area contributed by atoms with Crippen molar-refractivity contribution in [2.45, 2.75) is 50.5 Å². The third-order valence-corrected chi connectivity index (χ3v) is 4.63. The van der Waals surface area contributed by atoms with E-state index < -0.39 is 5.97 Å². The lowest BCUT2D eigenvalue weighted by atomic mass is 9.91. The quantitative estimate of drug-likeness (QED) is 0.514. The summed E-state index contributed by atoms with van der Waals surface area (Å²) in [5.74, 6) is 2.32. The first kappa shape index (κ1) is 18.2. The zero-order valence-electron chi connectivity index (χ0n) is 14.7. The molecule has 1 aliphatic carbocycles. The van der Waals surface area contributed by atoms with Gasteiger partial charge in [0.15, 0.2) is 0 Å². The van der Waals surface area contributed by atoms with Gasteiger partial charge in [0.25, 0.3) is 0 Å². The van der Waals surface area contributed by atoms with E-state index in [1.54, 1.807) is 0 Å². The third kappa shape index (κ3) is 4.74. The standard InChI is InChI=1S/C21H23NO4/c1-2-18-20(16-10-11-16)21(22-26-18)17(13-19(23)24)9-6-12-25-14-15-7-4-3-5-8-15/h1,3-5,7-8,16-17H,6,9-14H2,(H,23,24)/t17-/m0/s1. The summed E-state index contributed by atoms with van der Waals surface area (Å²) in [6, 6.07) is 9.97. The van der Waals surface area contributed by atoms with Gasteiger partial charge in [-0.05, 0) is 43.1 Å². The molecular formula is C21H23NO4. The van der Waals surface area contributed by atoms with Crippen LogP contribution in [0.2, 0.25) is 0 Å². The van der Waals surface area contributed by atoms with Crippen LogP contribution in [0.3, 0.4) is 0 Å². The summed E-state index contributed by atoms with van der Waals surface area (Å²) in [7, 11) is 0. The van der Waals surface area contributed by atoms with E-state index in [4.69, 9.17) is 15.7 Å². The van der Waals surface area contributed by atoms with E-state index in [9.17, 15) is 9.90 Å². The van der Waals surface area contributed by atoms with Gasteiger partial charge in [0.05, 0.1) is 18.7 Å². The van der Waals surface area contributed by atoms with Gasteiger partial charge in [0.1, 0.15) is 0 Å². The third-order valence-electron chi connectivity index (χ3n) is 4.63. The molecule has 0 unspecified atom stereocenters. The Morgan fingerprint density at radius 3 is 2.81 bits per heavy atom. The molecule has 0 spiro atoms. The van der Waals surface area contributed by atoms with Gasteiger partial charge in [-0.3, -0.25) is 4.79 Å². The number of nitrogens with zero attached hydrogens (tertiary/aromatic N) is 1. The van der Waals surface area contributed by atoms with Crippen LogP contribution in [0.1, 0.15) is 66.5 Å². The molecule has 1 heterocycles. The highest BCUT2D eigenvalue weighted by Crippen LogP contribution is 2.45. The first-order chi connectivity index (χ1) is 12.7. The van der Waals surface area contributed by atoms with Crippen molar-refractivity contribution in [3.8, 4) is 12.3 Å². The molecule has 1 saturated carbocycles.